The molecule has 1 aromatic carbocycles. The third kappa shape index (κ3) is 7.87. The minimum atomic E-state index is -4.04. The second kappa shape index (κ2) is 9.98. The maximum Gasteiger partial charge on any atom is 0.337 e. The first kappa shape index (κ1) is 22.3. The van der Waals surface area contributed by atoms with Crippen molar-refractivity contribution in [1.82, 2.24) is 15.7 Å². The van der Waals surface area contributed by atoms with Gasteiger partial charge in [-0.25, -0.2) is 9.59 Å². The molecule has 0 spiro atoms. The number of hydroxylamine groups is 2. The van der Waals surface area contributed by atoms with Gasteiger partial charge in [-0.15, -0.1) is 5.06 Å². The Hall–Kier alpha value is -2.99. The average molecular weight is 427 g/mol. The van der Waals surface area contributed by atoms with Gasteiger partial charge in [0.05, 0.1) is 12.2 Å². The van der Waals surface area contributed by atoms with Crippen LogP contribution in [0.3, 0.4) is 0 Å². The number of imide groups is 1. The van der Waals surface area contributed by atoms with Crippen molar-refractivity contribution in [2.45, 2.75) is 32.2 Å². The molecule has 11 nitrogen and oxygen atoms in total. The Kier molecular flexibility index (Phi) is 7.67. The molecule has 2 rings (SSSR count). The fourth-order valence-electron chi connectivity index (χ4n) is 2.43. The zero-order valence-electron chi connectivity index (χ0n) is 15.4. The van der Waals surface area contributed by atoms with E-state index in [9.17, 15) is 27.6 Å². The average Bonchev–Trinajstić information content (AvgIpc) is 2.96. The van der Waals surface area contributed by atoms with E-state index >= 15 is 0 Å². The molecule has 0 atom stereocenters. The van der Waals surface area contributed by atoms with E-state index in [-0.39, 0.29) is 38.8 Å². The van der Waals surface area contributed by atoms with Crippen molar-refractivity contribution < 1.29 is 37.0 Å². The van der Waals surface area contributed by atoms with Gasteiger partial charge in [0.1, 0.15) is 0 Å². The summed E-state index contributed by atoms with van der Waals surface area (Å²) in [6.07, 6.45) is 0.0224. The van der Waals surface area contributed by atoms with Crippen molar-refractivity contribution in [3.8, 4) is 0 Å². The van der Waals surface area contributed by atoms with Crippen LogP contribution in [-0.2, 0) is 42.3 Å². The van der Waals surface area contributed by atoms with Crippen molar-refractivity contribution in [3.05, 3.63) is 35.4 Å². The zero-order chi connectivity index (χ0) is 21.4. The van der Waals surface area contributed by atoms with Gasteiger partial charge in [0.2, 0.25) is 0 Å². The second-order valence-electron chi connectivity index (χ2n) is 6.29. The summed E-state index contributed by atoms with van der Waals surface area (Å²) in [6, 6.07) is 6.18. The van der Waals surface area contributed by atoms with Gasteiger partial charge in [-0.3, -0.25) is 14.1 Å². The Morgan fingerprint density at radius 3 is 2.21 bits per heavy atom. The highest BCUT2D eigenvalue weighted by atomic mass is 32.2. The molecule has 0 unspecified atom stereocenters. The number of carbonyl (C=O) groups is 4. The molecule has 1 aliphatic heterocycles. The third-order valence-electron chi connectivity index (χ3n) is 3.89. The molecule has 4 amide bonds. The highest BCUT2D eigenvalue weighted by Crippen LogP contribution is 2.13. The monoisotopic (exact) mass is 427 g/mol. The van der Waals surface area contributed by atoms with Crippen molar-refractivity contribution >= 4 is 33.9 Å². The Morgan fingerprint density at radius 1 is 1.03 bits per heavy atom. The normalized spacial score (nSPS) is 14.0. The number of hydrogen-bond donors (Lipinski definition) is 3. The SMILES string of the molecule is O=C(NCCCS(=O)(=O)O)NCc1ccc(CC(=O)ON2C(=O)CCC2=O)cc1. The van der Waals surface area contributed by atoms with Gasteiger partial charge in [-0.1, -0.05) is 24.3 Å². The van der Waals surface area contributed by atoms with Gasteiger partial charge in [-0.05, 0) is 17.5 Å². The van der Waals surface area contributed by atoms with Gasteiger partial charge in [0, 0.05) is 25.9 Å². The van der Waals surface area contributed by atoms with Gasteiger partial charge in [-0.2, -0.15) is 8.42 Å². The molecule has 12 heteroatoms. The minimum absolute atomic E-state index is 0.0297. The summed E-state index contributed by atoms with van der Waals surface area (Å²) < 4.78 is 29.7. The largest absolute Gasteiger partial charge is 0.338 e. The van der Waals surface area contributed by atoms with Gasteiger partial charge >= 0.3 is 12.0 Å². The molecule has 1 saturated heterocycles. The molecule has 1 aliphatic rings. The van der Waals surface area contributed by atoms with E-state index in [1.165, 1.54) is 0 Å². The lowest BCUT2D eigenvalue weighted by Gasteiger charge is -2.12. The molecule has 0 saturated carbocycles. The fraction of sp³-hybridized carbons (Fsp3) is 0.412. The topological polar surface area (TPSA) is 159 Å². The van der Waals surface area contributed by atoms with Crippen molar-refractivity contribution in [2.75, 3.05) is 12.3 Å². The number of hydrogen-bond acceptors (Lipinski definition) is 7. The number of carbonyl (C=O) groups excluding carboxylic acids is 4. The summed E-state index contributed by atoms with van der Waals surface area (Å²) in [4.78, 5) is 51.1. The molecule has 0 aliphatic carbocycles. The van der Waals surface area contributed by atoms with Crippen LogP contribution in [0.15, 0.2) is 24.3 Å². The predicted octanol–water partition coefficient (Wildman–Crippen LogP) is -0.0866. The van der Waals surface area contributed by atoms with Crippen molar-refractivity contribution in [1.29, 1.82) is 0 Å². The van der Waals surface area contributed by atoms with Crippen LogP contribution >= 0.6 is 0 Å². The molecule has 0 aromatic heterocycles. The Bertz CT molecular complexity index is 866. The molecule has 29 heavy (non-hydrogen) atoms. The van der Waals surface area contributed by atoms with E-state index in [1.54, 1.807) is 24.3 Å². The minimum Gasteiger partial charge on any atom is -0.338 e. The Morgan fingerprint density at radius 2 is 1.62 bits per heavy atom. The standard InChI is InChI=1S/C17H21N3O8S/c21-14-6-7-15(22)20(14)28-16(23)10-12-2-4-13(5-3-12)11-19-17(24)18-8-1-9-29(25,26)27/h2-5H,1,6-11H2,(H2,18,19,24)(H,25,26,27). The number of amides is 4. The highest BCUT2D eigenvalue weighted by Gasteiger charge is 2.32. The van der Waals surface area contributed by atoms with Crippen LogP contribution in [0.25, 0.3) is 0 Å². The first-order valence-electron chi connectivity index (χ1n) is 8.75. The molecular weight excluding hydrogens is 406 g/mol. The Balaban J connectivity index is 1.71. The van der Waals surface area contributed by atoms with E-state index in [0.29, 0.717) is 10.6 Å². The zero-order valence-corrected chi connectivity index (χ0v) is 16.2. The number of benzene rings is 1. The van der Waals surface area contributed by atoms with Crippen LogP contribution in [0.5, 0.6) is 0 Å². The summed E-state index contributed by atoms with van der Waals surface area (Å²) in [5.41, 5.74) is 1.35. The van der Waals surface area contributed by atoms with Gasteiger partial charge < -0.3 is 15.5 Å². The summed E-state index contributed by atoms with van der Waals surface area (Å²) in [5.74, 6) is -2.25. The van der Waals surface area contributed by atoms with E-state index in [0.717, 1.165) is 5.56 Å². The quantitative estimate of drug-likeness (QED) is 0.280. The van der Waals surface area contributed by atoms with Crippen LogP contribution in [-0.4, -0.2) is 54.1 Å². The summed E-state index contributed by atoms with van der Waals surface area (Å²) >= 11 is 0. The van der Waals surface area contributed by atoms with Gasteiger partial charge in [0.25, 0.3) is 21.9 Å². The van der Waals surface area contributed by atoms with E-state index in [1.807, 2.05) is 0 Å². The lowest BCUT2D eigenvalue weighted by Crippen LogP contribution is -2.36. The van der Waals surface area contributed by atoms with Crippen LogP contribution in [0.1, 0.15) is 30.4 Å². The molecule has 0 bridgehead atoms. The smallest absolute Gasteiger partial charge is 0.337 e. The summed E-state index contributed by atoms with van der Waals surface area (Å²) in [7, 11) is -4.04. The first-order chi connectivity index (χ1) is 13.6. The lowest BCUT2D eigenvalue weighted by molar-refractivity contribution is -0.197. The van der Waals surface area contributed by atoms with Crippen LogP contribution in [0, 0.1) is 0 Å². The van der Waals surface area contributed by atoms with Gasteiger partial charge in [0.15, 0.2) is 0 Å². The number of nitrogens with zero attached hydrogens (tertiary/aromatic N) is 1. The lowest BCUT2D eigenvalue weighted by atomic mass is 10.1. The van der Waals surface area contributed by atoms with E-state index < -0.39 is 39.7 Å². The predicted molar refractivity (Wildman–Crippen MR) is 98.6 cm³/mol. The third-order valence-corrected chi connectivity index (χ3v) is 4.69. The summed E-state index contributed by atoms with van der Waals surface area (Å²) in [6.45, 7) is 0.292. The van der Waals surface area contributed by atoms with Crippen molar-refractivity contribution in [3.63, 3.8) is 0 Å². The maximum absolute atomic E-state index is 11.9. The number of urea groups is 1. The molecule has 0 radical (unpaired) electrons. The van der Waals surface area contributed by atoms with Crippen LogP contribution in [0.4, 0.5) is 4.79 Å². The highest BCUT2D eigenvalue weighted by molar-refractivity contribution is 7.85. The van der Waals surface area contributed by atoms with E-state index in [2.05, 4.69) is 10.6 Å². The summed E-state index contributed by atoms with van der Waals surface area (Å²) in [5, 5.41) is 5.53. The molecule has 1 aromatic rings. The second-order valence-corrected chi connectivity index (χ2v) is 7.86. The van der Waals surface area contributed by atoms with Crippen LogP contribution in [0.2, 0.25) is 0 Å². The molecular formula is C17H21N3O8S. The van der Waals surface area contributed by atoms with E-state index in [4.69, 9.17) is 9.39 Å². The fourth-order valence-corrected chi connectivity index (χ4v) is 2.94. The molecule has 3 N–H and O–H groups in total. The van der Waals surface area contributed by atoms with Crippen molar-refractivity contribution in [2.24, 2.45) is 0 Å². The number of rotatable bonds is 9. The first-order valence-corrected chi connectivity index (χ1v) is 10.4. The molecule has 1 fully saturated rings. The molecule has 1 heterocycles. The number of nitrogens with one attached hydrogen (secondary N) is 2. The van der Waals surface area contributed by atoms with Crippen LogP contribution < -0.4 is 10.6 Å². The molecule has 158 valence electrons. The maximum atomic E-state index is 11.9. The Labute approximate surface area is 167 Å².